The Kier molecular flexibility index (Phi) is 4.20. The Morgan fingerprint density at radius 3 is 2.63 bits per heavy atom. The summed E-state index contributed by atoms with van der Waals surface area (Å²) in [7, 11) is 0. The van der Waals surface area contributed by atoms with E-state index in [9.17, 15) is 14.0 Å². The number of likely N-dealkylation sites (tertiary alicyclic amines) is 1. The molecule has 5 rings (SSSR count). The molecule has 5 nitrogen and oxygen atoms in total. The third kappa shape index (κ3) is 2.98. The summed E-state index contributed by atoms with van der Waals surface area (Å²) in [4.78, 5) is 27.5. The molecule has 0 N–H and O–H groups in total. The van der Waals surface area contributed by atoms with Crippen molar-refractivity contribution in [3.05, 3.63) is 64.7 Å². The van der Waals surface area contributed by atoms with Gasteiger partial charge < -0.3 is 14.1 Å². The minimum Gasteiger partial charge on any atom is -0.486 e. The quantitative estimate of drug-likeness (QED) is 0.580. The van der Waals surface area contributed by atoms with Crippen LogP contribution in [0.15, 0.2) is 40.8 Å². The van der Waals surface area contributed by atoms with Gasteiger partial charge in [-0.3, -0.25) is 9.59 Å². The topological polar surface area (TPSA) is 59.8 Å². The number of benzene rings is 2. The molecule has 2 aromatic carbocycles. The second-order valence-corrected chi connectivity index (χ2v) is 8.37. The van der Waals surface area contributed by atoms with Crippen molar-refractivity contribution in [2.45, 2.75) is 38.7 Å². The summed E-state index contributed by atoms with van der Waals surface area (Å²) in [6.45, 7) is 4.67. The number of rotatable bonds is 1. The van der Waals surface area contributed by atoms with Crippen molar-refractivity contribution in [2.75, 3.05) is 13.1 Å². The first-order valence-corrected chi connectivity index (χ1v) is 10.2. The van der Waals surface area contributed by atoms with Gasteiger partial charge in [0.05, 0.1) is 12.0 Å². The second kappa shape index (κ2) is 6.69. The Labute approximate surface area is 173 Å². The van der Waals surface area contributed by atoms with E-state index in [0.717, 1.165) is 5.56 Å². The average molecular weight is 407 g/mol. The number of amides is 1. The van der Waals surface area contributed by atoms with Gasteiger partial charge in [0, 0.05) is 36.9 Å². The molecule has 0 aliphatic carbocycles. The summed E-state index contributed by atoms with van der Waals surface area (Å²) in [6, 6.07) is 9.92. The molecule has 1 amide bonds. The van der Waals surface area contributed by atoms with E-state index in [1.807, 2.05) is 25.1 Å². The number of piperidine rings is 1. The van der Waals surface area contributed by atoms with Gasteiger partial charge in [0.1, 0.15) is 22.8 Å². The lowest BCUT2D eigenvalue weighted by atomic mass is 9.82. The number of ether oxygens (including phenoxy) is 1. The summed E-state index contributed by atoms with van der Waals surface area (Å²) in [5, 5.41) is 0.611. The van der Waals surface area contributed by atoms with Crippen LogP contribution in [0.2, 0.25) is 0 Å². The van der Waals surface area contributed by atoms with Gasteiger partial charge in [-0.2, -0.15) is 0 Å². The number of ketones is 1. The van der Waals surface area contributed by atoms with E-state index in [0.29, 0.717) is 60.2 Å². The monoisotopic (exact) mass is 407 g/mol. The molecule has 2 aliphatic heterocycles. The third-order valence-electron chi connectivity index (χ3n) is 6.30. The summed E-state index contributed by atoms with van der Waals surface area (Å²) in [5.41, 5.74) is 2.25. The zero-order valence-corrected chi connectivity index (χ0v) is 17.0. The number of carbonyl (C=O) groups is 2. The molecule has 0 unspecified atom stereocenters. The number of furan rings is 1. The number of fused-ring (bicyclic) bond motifs is 2. The first kappa shape index (κ1) is 18.9. The number of halogens is 1. The Balaban J connectivity index is 1.35. The SMILES string of the molecule is Cc1ccc2c(c1)C(=O)CC1(CCN(C(=O)c3oc4ccc(F)cc4c3C)CC1)O2. The second-order valence-electron chi connectivity index (χ2n) is 8.37. The lowest BCUT2D eigenvalue weighted by Crippen LogP contribution is -2.52. The van der Waals surface area contributed by atoms with Gasteiger partial charge in [0.2, 0.25) is 0 Å². The molecular weight excluding hydrogens is 385 g/mol. The van der Waals surface area contributed by atoms with E-state index < -0.39 is 5.60 Å². The fraction of sp³-hybridized carbons (Fsp3) is 0.333. The van der Waals surface area contributed by atoms with E-state index >= 15 is 0 Å². The van der Waals surface area contributed by atoms with E-state index in [2.05, 4.69) is 0 Å². The molecule has 0 saturated carbocycles. The van der Waals surface area contributed by atoms with Gasteiger partial charge >= 0.3 is 0 Å². The van der Waals surface area contributed by atoms with E-state index in [-0.39, 0.29) is 23.3 Å². The minimum absolute atomic E-state index is 0.0925. The number of nitrogens with zero attached hydrogens (tertiary/aromatic N) is 1. The normalized spacial score (nSPS) is 17.8. The van der Waals surface area contributed by atoms with Crippen LogP contribution in [-0.2, 0) is 0 Å². The largest absolute Gasteiger partial charge is 0.486 e. The van der Waals surface area contributed by atoms with Crippen LogP contribution in [0.1, 0.15) is 51.3 Å². The van der Waals surface area contributed by atoms with Crippen LogP contribution < -0.4 is 4.74 Å². The highest BCUT2D eigenvalue weighted by atomic mass is 19.1. The van der Waals surface area contributed by atoms with Crippen LogP contribution in [-0.4, -0.2) is 35.3 Å². The molecule has 30 heavy (non-hydrogen) atoms. The Morgan fingerprint density at radius 1 is 1.10 bits per heavy atom. The van der Waals surface area contributed by atoms with Crippen LogP contribution >= 0.6 is 0 Å². The fourth-order valence-corrected chi connectivity index (χ4v) is 4.54. The van der Waals surface area contributed by atoms with E-state index in [1.54, 1.807) is 17.9 Å². The van der Waals surface area contributed by atoms with Crippen LogP contribution in [0.5, 0.6) is 5.75 Å². The molecular formula is C24H22FNO4. The fourth-order valence-electron chi connectivity index (χ4n) is 4.54. The maximum atomic E-state index is 13.6. The standard InChI is InChI=1S/C24H22FNO4/c1-14-3-5-21-18(11-14)19(27)13-24(30-21)7-9-26(10-8-24)23(28)22-15(2)17-12-16(25)4-6-20(17)29-22/h3-6,11-12H,7-10,13H2,1-2H3. The summed E-state index contributed by atoms with van der Waals surface area (Å²) >= 11 is 0. The van der Waals surface area contributed by atoms with Crippen molar-refractivity contribution in [3.63, 3.8) is 0 Å². The minimum atomic E-state index is -0.567. The molecule has 6 heteroatoms. The Morgan fingerprint density at radius 2 is 1.87 bits per heavy atom. The van der Waals surface area contributed by atoms with Crippen LogP contribution in [0, 0.1) is 19.7 Å². The number of aryl methyl sites for hydroxylation is 2. The van der Waals surface area contributed by atoms with E-state index in [4.69, 9.17) is 9.15 Å². The maximum absolute atomic E-state index is 13.6. The van der Waals surface area contributed by atoms with Crippen molar-refractivity contribution in [3.8, 4) is 5.75 Å². The third-order valence-corrected chi connectivity index (χ3v) is 6.30. The highest BCUT2D eigenvalue weighted by molar-refractivity contribution is 6.01. The summed E-state index contributed by atoms with van der Waals surface area (Å²) in [5.74, 6) is 0.395. The zero-order chi connectivity index (χ0) is 21.0. The molecule has 1 saturated heterocycles. The molecule has 1 aromatic heterocycles. The number of carbonyl (C=O) groups excluding carboxylic acids is 2. The molecule has 1 fully saturated rings. The first-order chi connectivity index (χ1) is 14.3. The van der Waals surface area contributed by atoms with Gasteiger partial charge in [-0.1, -0.05) is 11.6 Å². The van der Waals surface area contributed by atoms with Crippen molar-refractivity contribution in [1.82, 2.24) is 4.90 Å². The Hall–Kier alpha value is -3.15. The lowest BCUT2D eigenvalue weighted by Gasteiger charge is -2.43. The van der Waals surface area contributed by atoms with Crippen LogP contribution in [0.4, 0.5) is 4.39 Å². The van der Waals surface area contributed by atoms with Gasteiger partial charge in [0.15, 0.2) is 11.5 Å². The van der Waals surface area contributed by atoms with Gasteiger partial charge in [-0.05, 0) is 44.2 Å². The van der Waals surface area contributed by atoms with Crippen molar-refractivity contribution < 1.29 is 23.1 Å². The number of Topliss-reactive ketones (excluding diaryl/α,β-unsaturated/α-hetero) is 1. The Bertz CT molecular complexity index is 1190. The van der Waals surface area contributed by atoms with Crippen molar-refractivity contribution in [1.29, 1.82) is 0 Å². The summed E-state index contributed by atoms with van der Waals surface area (Å²) in [6.07, 6.45) is 1.48. The molecule has 3 aromatic rings. The first-order valence-electron chi connectivity index (χ1n) is 10.2. The molecule has 0 bridgehead atoms. The van der Waals surface area contributed by atoms with Crippen molar-refractivity contribution >= 4 is 22.7 Å². The number of hydrogen-bond acceptors (Lipinski definition) is 4. The maximum Gasteiger partial charge on any atom is 0.289 e. The molecule has 154 valence electrons. The number of hydrogen-bond donors (Lipinski definition) is 0. The van der Waals surface area contributed by atoms with Crippen LogP contribution in [0.3, 0.4) is 0 Å². The van der Waals surface area contributed by atoms with Gasteiger partial charge in [-0.25, -0.2) is 4.39 Å². The molecule has 3 heterocycles. The highest BCUT2D eigenvalue weighted by Gasteiger charge is 2.44. The molecule has 1 spiro atoms. The smallest absolute Gasteiger partial charge is 0.289 e. The zero-order valence-electron chi connectivity index (χ0n) is 17.0. The lowest BCUT2D eigenvalue weighted by molar-refractivity contribution is -0.00641. The predicted molar refractivity (Wildman–Crippen MR) is 110 cm³/mol. The average Bonchev–Trinajstić information content (AvgIpc) is 3.05. The van der Waals surface area contributed by atoms with Gasteiger partial charge in [-0.15, -0.1) is 0 Å². The predicted octanol–water partition coefficient (Wildman–Crippen LogP) is 4.83. The molecule has 0 atom stereocenters. The molecule has 0 radical (unpaired) electrons. The van der Waals surface area contributed by atoms with Crippen molar-refractivity contribution in [2.24, 2.45) is 0 Å². The molecule has 2 aliphatic rings. The van der Waals surface area contributed by atoms with Gasteiger partial charge in [0.25, 0.3) is 5.91 Å². The summed E-state index contributed by atoms with van der Waals surface area (Å²) < 4.78 is 25.6. The van der Waals surface area contributed by atoms with Crippen LogP contribution in [0.25, 0.3) is 11.0 Å². The highest BCUT2D eigenvalue weighted by Crippen LogP contribution is 2.40. The van der Waals surface area contributed by atoms with E-state index in [1.165, 1.54) is 12.1 Å².